The number of ether oxygens (including phenoxy) is 1. The van der Waals surface area contributed by atoms with Crippen molar-refractivity contribution in [1.29, 1.82) is 0 Å². The molecule has 0 atom stereocenters. The molecule has 3 heteroatoms. The highest BCUT2D eigenvalue weighted by Gasteiger charge is 2.29. The summed E-state index contributed by atoms with van der Waals surface area (Å²) in [5, 5.41) is 0. The molecule has 0 aliphatic carbocycles. The van der Waals surface area contributed by atoms with Crippen LogP contribution in [-0.4, -0.2) is 7.11 Å². The van der Waals surface area contributed by atoms with Crippen LogP contribution in [0.15, 0.2) is 47.2 Å². The van der Waals surface area contributed by atoms with Crippen molar-refractivity contribution in [3.63, 3.8) is 0 Å². The molecule has 3 rings (SSSR count). The number of oxazole rings is 1. The largest absolute Gasteiger partial charge is 0.490 e. The summed E-state index contributed by atoms with van der Waals surface area (Å²) < 4.78 is 13.7. The van der Waals surface area contributed by atoms with Gasteiger partial charge in [-0.3, -0.25) is 0 Å². The van der Waals surface area contributed by atoms with E-state index in [1.165, 1.54) is 11.1 Å². The van der Waals surface area contributed by atoms with Gasteiger partial charge in [-0.25, -0.2) is 0 Å². The SMILES string of the molecule is COc1ccccc1-[n+]1coc2c(C(C)(C)C)cc(C(C)(C)C)cc21. The number of benzene rings is 2. The Balaban J connectivity index is 2.37. The summed E-state index contributed by atoms with van der Waals surface area (Å²) in [7, 11) is 1.70. The minimum atomic E-state index is -0.00400. The van der Waals surface area contributed by atoms with E-state index >= 15 is 0 Å². The number of hydrogen-bond donors (Lipinski definition) is 0. The Morgan fingerprint density at radius 3 is 2.20 bits per heavy atom. The lowest BCUT2D eigenvalue weighted by Crippen LogP contribution is -2.29. The normalized spacial score (nSPS) is 12.6. The van der Waals surface area contributed by atoms with Crippen LogP contribution < -0.4 is 9.30 Å². The van der Waals surface area contributed by atoms with Gasteiger partial charge in [0.2, 0.25) is 5.58 Å². The van der Waals surface area contributed by atoms with Crippen molar-refractivity contribution in [3.05, 3.63) is 53.9 Å². The average Bonchev–Trinajstić information content (AvgIpc) is 2.95. The molecule has 0 saturated heterocycles. The first-order valence-corrected chi connectivity index (χ1v) is 8.74. The second kappa shape index (κ2) is 5.91. The molecule has 25 heavy (non-hydrogen) atoms. The molecule has 0 aliphatic rings. The third kappa shape index (κ3) is 3.15. The molecule has 0 saturated carbocycles. The molecular weight excluding hydrogens is 310 g/mol. The zero-order valence-electron chi connectivity index (χ0n) is 16.3. The van der Waals surface area contributed by atoms with E-state index in [0.29, 0.717) is 0 Å². The van der Waals surface area contributed by atoms with Crippen molar-refractivity contribution in [2.75, 3.05) is 7.11 Å². The molecule has 0 N–H and O–H groups in total. The number of rotatable bonds is 2. The molecule has 2 aromatic carbocycles. The Kier molecular flexibility index (Phi) is 4.14. The van der Waals surface area contributed by atoms with Crippen molar-refractivity contribution in [2.24, 2.45) is 0 Å². The molecule has 132 valence electrons. The molecule has 0 fully saturated rings. The van der Waals surface area contributed by atoms with Gasteiger partial charge in [0.05, 0.1) is 7.11 Å². The molecule has 1 aromatic heterocycles. The number of methoxy groups -OCH3 is 1. The van der Waals surface area contributed by atoms with E-state index in [2.05, 4.69) is 58.2 Å². The van der Waals surface area contributed by atoms with Crippen LogP contribution in [0.5, 0.6) is 5.75 Å². The maximum Gasteiger partial charge on any atom is 0.341 e. The molecule has 0 spiro atoms. The minimum Gasteiger partial charge on any atom is -0.490 e. The van der Waals surface area contributed by atoms with Crippen LogP contribution in [0.25, 0.3) is 16.8 Å². The summed E-state index contributed by atoms with van der Waals surface area (Å²) in [5.41, 5.74) is 5.57. The Labute approximate surface area is 150 Å². The third-order valence-corrected chi connectivity index (χ3v) is 4.62. The molecule has 0 unspecified atom stereocenters. The van der Waals surface area contributed by atoms with Gasteiger partial charge in [-0.05, 0) is 22.5 Å². The lowest BCUT2D eigenvalue weighted by atomic mass is 9.80. The number of aromatic nitrogens is 1. The first-order chi connectivity index (χ1) is 11.6. The molecule has 1 heterocycles. The molecule has 3 aromatic rings. The summed E-state index contributed by atoms with van der Waals surface area (Å²) in [6.07, 6.45) is 1.78. The van der Waals surface area contributed by atoms with Crippen LogP contribution in [0.1, 0.15) is 52.7 Å². The first-order valence-electron chi connectivity index (χ1n) is 8.74. The molecule has 0 bridgehead atoms. The number of hydrogen-bond acceptors (Lipinski definition) is 2. The molecule has 0 aliphatic heterocycles. The van der Waals surface area contributed by atoms with Crippen molar-refractivity contribution in [3.8, 4) is 11.4 Å². The van der Waals surface area contributed by atoms with E-state index in [1.54, 1.807) is 13.5 Å². The van der Waals surface area contributed by atoms with Gasteiger partial charge in [0.1, 0.15) is 0 Å². The molecule has 0 radical (unpaired) electrons. The van der Waals surface area contributed by atoms with Crippen LogP contribution in [-0.2, 0) is 10.8 Å². The van der Waals surface area contributed by atoms with Gasteiger partial charge in [-0.15, -0.1) is 4.57 Å². The molecular formula is C22H28NO2+. The van der Waals surface area contributed by atoms with Crippen molar-refractivity contribution >= 4 is 11.1 Å². The van der Waals surface area contributed by atoms with E-state index in [0.717, 1.165) is 22.5 Å². The lowest BCUT2D eigenvalue weighted by Gasteiger charge is -2.24. The van der Waals surface area contributed by atoms with Gasteiger partial charge in [0, 0.05) is 17.7 Å². The number of para-hydroxylation sites is 2. The van der Waals surface area contributed by atoms with E-state index in [4.69, 9.17) is 9.15 Å². The summed E-state index contributed by atoms with van der Waals surface area (Å²) in [5.74, 6) is 0.827. The van der Waals surface area contributed by atoms with Crippen LogP contribution >= 0.6 is 0 Å². The first kappa shape index (κ1) is 17.5. The fourth-order valence-corrected chi connectivity index (χ4v) is 3.08. The van der Waals surface area contributed by atoms with Gasteiger partial charge < -0.3 is 9.15 Å². The van der Waals surface area contributed by atoms with E-state index in [-0.39, 0.29) is 10.8 Å². The minimum absolute atomic E-state index is 0.00400. The van der Waals surface area contributed by atoms with Gasteiger partial charge in [-0.2, -0.15) is 0 Å². The number of fused-ring (bicyclic) bond motifs is 1. The maximum absolute atomic E-state index is 6.04. The summed E-state index contributed by atoms with van der Waals surface area (Å²) in [6, 6.07) is 12.5. The molecule has 0 amide bonds. The average molecular weight is 338 g/mol. The highest BCUT2D eigenvalue weighted by atomic mass is 16.5. The zero-order chi connectivity index (χ0) is 18.4. The quantitative estimate of drug-likeness (QED) is 0.592. The topological polar surface area (TPSA) is 26.2 Å². The Hall–Kier alpha value is -2.29. The third-order valence-electron chi connectivity index (χ3n) is 4.62. The van der Waals surface area contributed by atoms with Crippen LogP contribution in [0.3, 0.4) is 0 Å². The predicted octanol–water partition coefficient (Wildman–Crippen LogP) is 5.31. The van der Waals surface area contributed by atoms with Gasteiger partial charge >= 0.3 is 6.39 Å². The van der Waals surface area contributed by atoms with Crippen LogP contribution in [0.4, 0.5) is 0 Å². The lowest BCUT2D eigenvalue weighted by molar-refractivity contribution is -0.573. The second-order valence-electron chi connectivity index (χ2n) is 8.64. The zero-order valence-corrected chi connectivity index (χ0v) is 16.3. The van der Waals surface area contributed by atoms with E-state index < -0.39 is 0 Å². The standard InChI is InChI=1S/C22H28NO2/c1-21(2,3)15-12-16(22(4,5)6)20-18(13-15)23(14-25-20)17-10-8-9-11-19(17)24-7/h8-14H,1-7H3/q+1. The Bertz CT molecular complexity index is 908. The van der Waals surface area contributed by atoms with Gasteiger partial charge in [0.25, 0.3) is 11.2 Å². The van der Waals surface area contributed by atoms with Crippen molar-refractivity contribution in [1.82, 2.24) is 0 Å². The maximum atomic E-state index is 6.04. The summed E-state index contributed by atoms with van der Waals surface area (Å²) >= 11 is 0. The fraction of sp³-hybridized carbons (Fsp3) is 0.409. The number of nitrogens with zero attached hydrogens (tertiary/aromatic N) is 1. The smallest absolute Gasteiger partial charge is 0.341 e. The molecule has 3 nitrogen and oxygen atoms in total. The second-order valence-corrected chi connectivity index (χ2v) is 8.64. The Morgan fingerprint density at radius 2 is 1.60 bits per heavy atom. The fourth-order valence-electron chi connectivity index (χ4n) is 3.08. The highest BCUT2D eigenvalue weighted by molar-refractivity contribution is 5.76. The van der Waals surface area contributed by atoms with E-state index in [1.807, 2.05) is 24.3 Å². The van der Waals surface area contributed by atoms with Gasteiger partial charge in [-0.1, -0.05) is 59.7 Å². The van der Waals surface area contributed by atoms with E-state index in [9.17, 15) is 0 Å². The van der Waals surface area contributed by atoms with Crippen LogP contribution in [0, 0.1) is 0 Å². The highest BCUT2D eigenvalue weighted by Crippen LogP contribution is 2.35. The predicted molar refractivity (Wildman–Crippen MR) is 102 cm³/mol. The summed E-state index contributed by atoms with van der Waals surface area (Å²) in [4.78, 5) is 0. The summed E-state index contributed by atoms with van der Waals surface area (Å²) in [6.45, 7) is 13.4. The van der Waals surface area contributed by atoms with Crippen molar-refractivity contribution < 1.29 is 13.7 Å². The van der Waals surface area contributed by atoms with Crippen molar-refractivity contribution in [2.45, 2.75) is 52.4 Å². The monoisotopic (exact) mass is 338 g/mol. The van der Waals surface area contributed by atoms with Crippen LogP contribution in [0.2, 0.25) is 0 Å². The van der Waals surface area contributed by atoms with Gasteiger partial charge in [0.15, 0.2) is 5.75 Å². The Morgan fingerprint density at radius 1 is 0.920 bits per heavy atom.